The highest BCUT2D eigenvalue weighted by molar-refractivity contribution is 5.95. The number of likely N-dealkylation sites (N-methyl/N-ethyl adjacent to an activating group) is 1. The number of anilines is 2. The van der Waals surface area contributed by atoms with Crippen molar-refractivity contribution in [1.82, 2.24) is 30.0 Å². The molecule has 0 aromatic carbocycles. The van der Waals surface area contributed by atoms with Crippen LogP contribution in [0.25, 0.3) is 33.5 Å². The van der Waals surface area contributed by atoms with Crippen molar-refractivity contribution >= 4 is 22.4 Å². The quantitative estimate of drug-likeness (QED) is 0.485. The van der Waals surface area contributed by atoms with E-state index in [1.54, 1.807) is 0 Å². The van der Waals surface area contributed by atoms with Crippen molar-refractivity contribution in [3.63, 3.8) is 0 Å². The summed E-state index contributed by atoms with van der Waals surface area (Å²) in [6.07, 6.45) is 3.79. The summed E-state index contributed by atoms with van der Waals surface area (Å²) in [6.45, 7) is 9.83. The van der Waals surface area contributed by atoms with Crippen LogP contribution in [-0.4, -0.2) is 76.4 Å². The van der Waals surface area contributed by atoms with E-state index >= 15 is 0 Å². The Hall–Kier alpha value is -3.72. The van der Waals surface area contributed by atoms with E-state index in [1.165, 1.54) is 11.3 Å². The van der Waals surface area contributed by atoms with Crippen LogP contribution in [0.5, 0.6) is 5.88 Å². The normalized spacial score (nSPS) is 16.3. The number of aryl methyl sites for hydroxylation is 2. The van der Waals surface area contributed by atoms with Gasteiger partial charge < -0.3 is 24.8 Å². The Bertz CT molecular complexity index is 1350. The van der Waals surface area contributed by atoms with Crippen molar-refractivity contribution in [2.24, 2.45) is 0 Å². The molecule has 0 aliphatic carbocycles. The molecular weight excluding hydrogens is 428 g/mol. The SMILES string of the molecule is Cc1cc(-c2cc3c(-c4cnc5c(c4)NCCO5)c[nH]c3nn2)nc(C)c1N1CCN(C)CC1. The minimum absolute atomic E-state index is 0.630. The summed E-state index contributed by atoms with van der Waals surface area (Å²) < 4.78 is 5.62. The van der Waals surface area contributed by atoms with Crippen LogP contribution in [0.1, 0.15) is 11.3 Å². The first-order valence-corrected chi connectivity index (χ1v) is 11.7. The Morgan fingerprint density at radius 2 is 1.85 bits per heavy atom. The molecule has 0 amide bonds. The molecule has 6 heterocycles. The number of hydrogen-bond acceptors (Lipinski definition) is 8. The molecule has 0 atom stereocenters. The van der Waals surface area contributed by atoms with Gasteiger partial charge in [-0.1, -0.05) is 0 Å². The van der Waals surface area contributed by atoms with E-state index in [0.29, 0.717) is 12.5 Å². The van der Waals surface area contributed by atoms with E-state index in [-0.39, 0.29) is 0 Å². The minimum atomic E-state index is 0.630. The number of rotatable bonds is 3. The lowest BCUT2D eigenvalue weighted by Crippen LogP contribution is -2.45. The Morgan fingerprint density at radius 1 is 1.00 bits per heavy atom. The lowest BCUT2D eigenvalue weighted by molar-refractivity contribution is 0.310. The molecule has 174 valence electrons. The standard InChI is InChI=1S/C25H28N8O/c1-15-10-20(29-16(2)23(15)33-7-5-32(3)6-8-33)21-12-18-19(14-27-24(18)31-30-21)17-11-22-25(28-13-17)34-9-4-26-22/h10-14,26H,4-9H2,1-3H3,(H,27,31). The summed E-state index contributed by atoms with van der Waals surface area (Å²) in [7, 11) is 2.17. The molecule has 1 saturated heterocycles. The number of hydrogen-bond donors (Lipinski definition) is 2. The first-order valence-electron chi connectivity index (χ1n) is 11.7. The van der Waals surface area contributed by atoms with E-state index in [0.717, 1.165) is 77.7 Å². The number of H-pyrrole nitrogens is 1. The third kappa shape index (κ3) is 3.62. The molecule has 4 aromatic heterocycles. The third-order valence-electron chi connectivity index (χ3n) is 6.70. The molecule has 2 N–H and O–H groups in total. The zero-order chi connectivity index (χ0) is 23.2. The molecule has 4 aromatic rings. The molecule has 0 saturated carbocycles. The fourth-order valence-corrected chi connectivity index (χ4v) is 4.92. The number of fused-ring (bicyclic) bond motifs is 2. The second kappa shape index (κ2) is 8.25. The van der Waals surface area contributed by atoms with Gasteiger partial charge in [0.15, 0.2) is 5.65 Å². The smallest absolute Gasteiger partial charge is 0.237 e. The molecule has 0 spiro atoms. The van der Waals surface area contributed by atoms with Gasteiger partial charge in [0.05, 0.1) is 22.8 Å². The predicted octanol–water partition coefficient (Wildman–Crippen LogP) is 3.25. The minimum Gasteiger partial charge on any atom is -0.474 e. The average Bonchev–Trinajstić information content (AvgIpc) is 3.28. The number of ether oxygens (including phenoxy) is 1. The number of aromatic amines is 1. The van der Waals surface area contributed by atoms with Gasteiger partial charge in [-0.2, -0.15) is 0 Å². The zero-order valence-electron chi connectivity index (χ0n) is 19.7. The molecule has 0 unspecified atom stereocenters. The van der Waals surface area contributed by atoms with Crippen molar-refractivity contribution in [3.8, 4) is 28.4 Å². The molecule has 2 aliphatic rings. The number of nitrogens with one attached hydrogen (secondary N) is 2. The van der Waals surface area contributed by atoms with Crippen molar-refractivity contribution < 1.29 is 4.74 Å². The monoisotopic (exact) mass is 456 g/mol. The maximum absolute atomic E-state index is 5.62. The van der Waals surface area contributed by atoms with Crippen LogP contribution >= 0.6 is 0 Å². The fourth-order valence-electron chi connectivity index (χ4n) is 4.92. The van der Waals surface area contributed by atoms with Gasteiger partial charge in [0.25, 0.3) is 0 Å². The second-order valence-corrected chi connectivity index (χ2v) is 9.09. The Morgan fingerprint density at radius 3 is 2.68 bits per heavy atom. The Kier molecular flexibility index (Phi) is 5.06. The number of nitrogens with zero attached hydrogens (tertiary/aromatic N) is 6. The summed E-state index contributed by atoms with van der Waals surface area (Å²) in [5.41, 5.74) is 8.75. The third-order valence-corrected chi connectivity index (χ3v) is 6.70. The summed E-state index contributed by atoms with van der Waals surface area (Å²) in [4.78, 5) is 17.5. The highest BCUT2D eigenvalue weighted by Gasteiger charge is 2.20. The van der Waals surface area contributed by atoms with Crippen LogP contribution in [0, 0.1) is 13.8 Å². The van der Waals surface area contributed by atoms with Crippen LogP contribution in [0.3, 0.4) is 0 Å². The van der Waals surface area contributed by atoms with Gasteiger partial charge in [0.1, 0.15) is 12.3 Å². The zero-order valence-corrected chi connectivity index (χ0v) is 19.7. The Balaban J connectivity index is 1.37. The van der Waals surface area contributed by atoms with Gasteiger partial charge in [-0.25, -0.2) is 9.97 Å². The predicted molar refractivity (Wildman–Crippen MR) is 134 cm³/mol. The van der Waals surface area contributed by atoms with Crippen molar-refractivity contribution in [3.05, 3.63) is 41.9 Å². The van der Waals surface area contributed by atoms with Gasteiger partial charge in [-0.05, 0) is 44.7 Å². The van der Waals surface area contributed by atoms with E-state index in [4.69, 9.17) is 9.72 Å². The Labute approximate surface area is 198 Å². The lowest BCUT2D eigenvalue weighted by atomic mass is 10.1. The molecular formula is C25H28N8O. The van der Waals surface area contributed by atoms with E-state index < -0.39 is 0 Å². The van der Waals surface area contributed by atoms with Crippen molar-refractivity contribution in [2.45, 2.75) is 13.8 Å². The van der Waals surface area contributed by atoms with Crippen LogP contribution in [0.15, 0.2) is 30.6 Å². The maximum Gasteiger partial charge on any atom is 0.237 e. The fraction of sp³-hybridized carbons (Fsp3) is 0.360. The van der Waals surface area contributed by atoms with Gasteiger partial charge in [-0.15, -0.1) is 10.2 Å². The maximum atomic E-state index is 5.62. The molecule has 2 aliphatic heterocycles. The van der Waals surface area contributed by atoms with Crippen molar-refractivity contribution in [2.75, 3.05) is 56.6 Å². The first kappa shape index (κ1) is 20.9. The topological polar surface area (TPSA) is 95.1 Å². The van der Waals surface area contributed by atoms with Crippen LogP contribution in [0.2, 0.25) is 0 Å². The first-order chi connectivity index (χ1) is 16.6. The van der Waals surface area contributed by atoms with Crippen LogP contribution in [-0.2, 0) is 0 Å². The highest BCUT2D eigenvalue weighted by Crippen LogP contribution is 2.35. The van der Waals surface area contributed by atoms with Crippen molar-refractivity contribution in [1.29, 1.82) is 0 Å². The molecule has 0 radical (unpaired) electrons. The van der Waals surface area contributed by atoms with Gasteiger partial charge >= 0.3 is 0 Å². The molecule has 1 fully saturated rings. The van der Waals surface area contributed by atoms with Crippen LogP contribution < -0.4 is 15.0 Å². The molecule has 34 heavy (non-hydrogen) atoms. The number of aromatic nitrogens is 5. The van der Waals surface area contributed by atoms with Crippen LogP contribution in [0.4, 0.5) is 11.4 Å². The molecule has 0 bridgehead atoms. The largest absolute Gasteiger partial charge is 0.474 e. The highest BCUT2D eigenvalue weighted by atomic mass is 16.5. The van der Waals surface area contributed by atoms with E-state index in [1.807, 2.05) is 12.4 Å². The molecule has 6 rings (SSSR count). The van der Waals surface area contributed by atoms with Gasteiger partial charge in [-0.3, -0.25) is 0 Å². The second-order valence-electron chi connectivity index (χ2n) is 9.09. The lowest BCUT2D eigenvalue weighted by Gasteiger charge is -2.35. The number of pyridine rings is 2. The summed E-state index contributed by atoms with van der Waals surface area (Å²) >= 11 is 0. The van der Waals surface area contributed by atoms with E-state index in [2.05, 4.69) is 74.4 Å². The average molecular weight is 457 g/mol. The van der Waals surface area contributed by atoms with Gasteiger partial charge in [0, 0.05) is 61.6 Å². The summed E-state index contributed by atoms with van der Waals surface area (Å²) in [5, 5.41) is 13.3. The summed E-state index contributed by atoms with van der Waals surface area (Å²) in [5.74, 6) is 0.644. The molecule has 9 nitrogen and oxygen atoms in total. The summed E-state index contributed by atoms with van der Waals surface area (Å²) in [6, 6.07) is 6.26. The van der Waals surface area contributed by atoms with E-state index in [9.17, 15) is 0 Å². The number of piperazine rings is 1. The molecule has 9 heteroatoms. The van der Waals surface area contributed by atoms with Gasteiger partial charge in [0.2, 0.25) is 5.88 Å².